The topological polar surface area (TPSA) is 37.8 Å². The number of hydrogen-bond acceptors (Lipinski definition) is 4. The summed E-state index contributed by atoms with van der Waals surface area (Å²) in [7, 11) is 1.89. The van der Waals surface area contributed by atoms with Crippen molar-refractivity contribution < 1.29 is 0 Å². The summed E-state index contributed by atoms with van der Waals surface area (Å²) < 4.78 is 0. The van der Waals surface area contributed by atoms with Gasteiger partial charge < -0.3 is 5.32 Å². The van der Waals surface area contributed by atoms with Gasteiger partial charge in [-0.3, -0.25) is 0 Å². The molecular formula is C14H17N3S. The Morgan fingerprint density at radius 3 is 2.83 bits per heavy atom. The number of rotatable bonds is 4. The van der Waals surface area contributed by atoms with Crippen molar-refractivity contribution in [2.45, 2.75) is 24.6 Å². The monoisotopic (exact) mass is 259 g/mol. The Bertz CT molecular complexity index is 520. The fourth-order valence-corrected chi connectivity index (χ4v) is 2.82. The first-order valence-electron chi connectivity index (χ1n) is 5.89. The van der Waals surface area contributed by atoms with Crippen LogP contribution in [0.15, 0.2) is 35.5 Å². The molecule has 3 nitrogen and oxygen atoms in total. The average molecular weight is 259 g/mol. The van der Waals surface area contributed by atoms with Crippen molar-refractivity contribution in [2.75, 3.05) is 12.4 Å². The molecule has 2 rings (SSSR count). The number of anilines is 1. The lowest BCUT2D eigenvalue weighted by molar-refractivity contribution is 1.05. The van der Waals surface area contributed by atoms with Crippen LogP contribution in [-0.2, 0) is 5.75 Å². The van der Waals surface area contributed by atoms with Crippen LogP contribution < -0.4 is 5.32 Å². The molecule has 4 heteroatoms. The van der Waals surface area contributed by atoms with Crippen LogP contribution in [0.4, 0.5) is 5.82 Å². The Morgan fingerprint density at radius 1 is 1.28 bits per heavy atom. The Labute approximate surface area is 112 Å². The number of aryl methyl sites for hydroxylation is 2. The molecule has 0 saturated carbocycles. The second-order valence-corrected chi connectivity index (χ2v) is 5.17. The molecule has 0 unspecified atom stereocenters. The largest absolute Gasteiger partial charge is 0.373 e. The first-order valence-corrected chi connectivity index (χ1v) is 6.87. The maximum absolute atomic E-state index is 4.53. The molecule has 0 spiro atoms. The van der Waals surface area contributed by atoms with E-state index in [9.17, 15) is 0 Å². The van der Waals surface area contributed by atoms with Gasteiger partial charge in [-0.15, -0.1) is 11.8 Å². The predicted molar refractivity (Wildman–Crippen MR) is 77.1 cm³/mol. The molecule has 0 fully saturated rings. The molecule has 0 radical (unpaired) electrons. The number of pyridine rings is 2. The number of aromatic nitrogens is 2. The van der Waals surface area contributed by atoms with E-state index in [0.717, 1.165) is 22.3 Å². The zero-order valence-electron chi connectivity index (χ0n) is 10.9. The molecule has 94 valence electrons. The SMILES string of the molecule is CNc1ncccc1CSc1cc(C)cc(C)n1. The van der Waals surface area contributed by atoms with E-state index >= 15 is 0 Å². The van der Waals surface area contributed by atoms with E-state index in [2.05, 4.69) is 40.4 Å². The third-order valence-corrected chi connectivity index (χ3v) is 3.54. The molecule has 0 bridgehead atoms. The molecule has 0 aliphatic rings. The summed E-state index contributed by atoms with van der Waals surface area (Å²) in [5.74, 6) is 1.81. The zero-order valence-corrected chi connectivity index (χ0v) is 11.7. The molecule has 0 aromatic carbocycles. The van der Waals surface area contributed by atoms with Crippen molar-refractivity contribution in [1.82, 2.24) is 9.97 Å². The summed E-state index contributed by atoms with van der Waals surface area (Å²) in [6.07, 6.45) is 1.80. The molecular weight excluding hydrogens is 242 g/mol. The quantitative estimate of drug-likeness (QED) is 0.854. The minimum atomic E-state index is 0.875. The average Bonchev–Trinajstić information content (AvgIpc) is 2.35. The van der Waals surface area contributed by atoms with E-state index in [4.69, 9.17) is 0 Å². The first kappa shape index (κ1) is 12.9. The van der Waals surface area contributed by atoms with Crippen molar-refractivity contribution in [2.24, 2.45) is 0 Å². The van der Waals surface area contributed by atoms with Crippen molar-refractivity contribution >= 4 is 17.6 Å². The molecule has 0 saturated heterocycles. The molecule has 0 atom stereocenters. The molecule has 2 aromatic rings. The summed E-state index contributed by atoms with van der Waals surface area (Å²) in [5, 5.41) is 4.18. The molecule has 0 amide bonds. The van der Waals surface area contributed by atoms with Gasteiger partial charge in [-0.1, -0.05) is 6.07 Å². The molecule has 1 N–H and O–H groups in total. The lowest BCUT2D eigenvalue weighted by Crippen LogP contribution is -1.97. The van der Waals surface area contributed by atoms with Gasteiger partial charge >= 0.3 is 0 Å². The van der Waals surface area contributed by atoms with E-state index in [1.165, 1.54) is 11.1 Å². The smallest absolute Gasteiger partial charge is 0.129 e. The van der Waals surface area contributed by atoms with Crippen LogP contribution in [0.2, 0.25) is 0 Å². The minimum absolute atomic E-state index is 0.875. The van der Waals surface area contributed by atoms with Gasteiger partial charge in [-0.2, -0.15) is 0 Å². The number of thioether (sulfide) groups is 1. The Hall–Kier alpha value is -1.55. The van der Waals surface area contributed by atoms with Crippen LogP contribution in [0.5, 0.6) is 0 Å². The van der Waals surface area contributed by atoms with Crippen molar-refractivity contribution in [3.63, 3.8) is 0 Å². The van der Waals surface area contributed by atoms with Gasteiger partial charge in [0.25, 0.3) is 0 Å². The first-order chi connectivity index (χ1) is 8.69. The molecule has 2 aromatic heterocycles. The zero-order chi connectivity index (χ0) is 13.0. The van der Waals surface area contributed by atoms with Gasteiger partial charge in [0.2, 0.25) is 0 Å². The fraction of sp³-hybridized carbons (Fsp3) is 0.286. The summed E-state index contributed by atoms with van der Waals surface area (Å²) >= 11 is 1.74. The number of hydrogen-bond donors (Lipinski definition) is 1. The highest BCUT2D eigenvalue weighted by Crippen LogP contribution is 2.24. The van der Waals surface area contributed by atoms with Gasteiger partial charge in [0.15, 0.2) is 0 Å². The molecule has 0 aliphatic heterocycles. The van der Waals surface area contributed by atoms with Crippen LogP contribution in [-0.4, -0.2) is 17.0 Å². The summed E-state index contributed by atoms with van der Waals surface area (Å²) in [6.45, 7) is 4.13. The van der Waals surface area contributed by atoms with Gasteiger partial charge in [-0.05, 0) is 37.6 Å². The predicted octanol–water partition coefficient (Wildman–Crippen LogP) is 3.43. The second-order valence-electron chi connectivity index (χ2n) is 4.17. The van der Waals surface area contributed by atoms with Gasteiger partial charge in [0.05, 0.1) is 5.03 Å². The normalized spacial score (nSPS) is 10.4. The second kappa shape index (κ2) is 5.87. The fourth-order valence-electron chi connectivity index (χ4n) is 1.81. The standard InChI is InChI=1S/C14H17N3S/c1-10-7-11(2)17-13(8-10)18-9-12-5-4-6-16-14(12)15-3/h4-8H,9H2,1-3H3,(H,15,16). The highest BCUT2D eigenvalue weighted by Gasteiger charge is 2.04. The Morgan fingerprint density at radius 2 is 2.11 bits per heavy atom. The van der Waals surface area contributed by atoms with Crippen LogP contribution in [0, 0.1) is 13.8 Å². The van der Waals surface area contributed by atoms with Crippen LogP contribution in [0.3, 0.4) is 0 Å². The van der Waals surface area contributed by atoms with Crippen molar-refractivity contribution in [3.8, 4) is 0 Å². The molecule has 0 aliphatic carbocycles. The van der Waals surface area contributed by atoms with Crippen molar-refractivity contribution in [1.29, 1.82) is 0 Å². The summed E-state index contributed by atoms with van der Waals surface area (Å²) in [6, 6.07) is 8.26. The third-order valence-electron chi connectivity index (χ3n) is 2.58. The number of nitrogens with one attached hydrogen (secondary N) is 1. The summed E-state index contributed by atoms with van der Waals surface area (Å²) in [5.41, 5.74) is 3.52. The molecule has 2 heterocycles. The maximum Gasteiger partial charge on any atom is 0.129 e. The van der Waals surface area contributed by atoms with E-state index in [1.54, 1.807) is 18.0 Å². The van der Waals surface area contributed by atoms with Crippen LogP contribution >= 0.6 is 11.8 Å². The lowest BCUT2D eigenvalue weighted by Gasteiger charge is -2.07. The van der Waals surface area contributed by atoms with Crippen molar-refractivity contribution in [3.05, 3.63) is 47.3 Å². The summed E-state index contributed by atoms with van der Waals surface area (Å²) in [4.78, 5) is 8.83. The van der Waals surface area contributed by atoms with Crippen LogP contribution in [0.1, 0.15) is 16.8 Å². The lowest BCUT2D eigenvalue weighted by atomic mass is 10.3. The van der Waals surface area contributed by atoms with Gasteiger partial charge in [0, 0.05) is 30.3 Å². The highest BCUT2D eigenvalue weighted by molar-refractivity contribution is 7.98. The third kappa shape index (κ3) is 3.23. The molecule has 18 heavy (non-hydrogen) atoms. The van der Waals surface area contributed by atoms with Gasteiger partial charge in [-0.25, -0.2) is 9.97 Å². The van der Waals surface area contributed by atoms with Crippen LogP contribution in [0.25, 0.3) is 0 Å². The van der Waals surface area contributed by atoms with E-state index in [0.29, 0.717) is 0 Å². The number of nitrogens with zero attached hydrogens (tertiary/aromatic N) is 2. The minimum Gasteiger partial charge on any atom is -0.373 e. The van der Waals surface area contributed by atoms with E-state index in [1.807, 2.05) is 20.0 Å². The van der Waals surface area contributed by atoms with E-state index < -0.39 is 0 Å². The Kier molecular flexibility index (Phi) is 4.20. The van der Waals surface area contributed by atoms with Gasteiger partial charge in [0.1, 0.15) is 5.82 Å². The Balaban J connectivity index is 2.11. The maximum atomic E-state index is 4.53. The van der Waals surface area contributed by atoms with E-state index in [-0.39, 0.29) is 0 Å². The highest BCUT2D eigenvalue weighted by atomic mass is 32.2.